The molecular formula is C26H23ClN4O5S5. The second kappa shape index (κ2) is 13.6. The minimum atomic E-state index is -4.03. The van der Waals surface area contributed by atoms with Crippen LogP contribution in [0.1, 0.15) is 40.9 Å². The average molecular weight is 667 g/mol. The summed E-state index contributed by atoms with van der Waals surface area (Å²) in [6.45, 7) is 0.322. The van der Waals surface area contributed by atoms with E-state index in [9.17, 15) is 18.0 Å². The number of carbonyl (C=O) groups is 2. The quantitative estimate of drug-likeness (QED) is 0.180. The molecule has 1 aliphatic rings. The highest BCUT2D eigenvalue weighted by Crippen LogP contribution is 2.45. The fraction of sp³-hybridized carbons (Fsp3) is 0.192. The monoisotopic (exact) mass is 666 g/mol. The van der Waals surface area contributed by atoms with Gasteiger partial charge in [0.25, 0.3) is 21.8 Å². The van der Waals surface area contributed by atoms with Gasteiger partial charge in [0.05, 0.1) is 11.1 Å². The van der Waals surface area contributed by atoms with E-state index in [4.69, 9.17) is 16.3 Å². The van der Waals surface area contributed by atoms with Gasteiger partial charge in [-0.3, -0.25) is 15.0 Å². The number of carbonyl (C=O) groups excluding carboxylic acids is 2. The summed E-state index contributed by atoms with van der Waals surface area (Å²) in [4.78, 5) is 31.8. The Hall–Kier alpha value is -2.59. The van der Waals surface area contributed by atoms with Gasteiger partial charge in [-0.1, -0.05) is 23.7 Å². The molecule has 1 aliphatic heterocycles. The molecule has 0 unspecified atom stereocenters. The molecule has 9 nitrogen and oxygen atoms in total. The molecule has 0 radical (unpaired) electrons. The number of sulfonamides is 1. The molecule has 0 bridgehead atoms. The molecule has 41 heavy (non-hydrogen) atoms. The largest absolute Gasteiger partial charge is 0.486 e. The summed E-state index contributed by atoms with van der Waals surface area (Å²) in [6.07, 6.45) is 0. The van der Waals surface area contributed by atoms with E-state index >= 15 is 0 Å². The summed E-state index contributed by atoms with van der Waals surface area (Å²) in [5, 5.41) is 5.36. The predicted molar refractivity (Wildman–Crippen MR) is 165 cm³/mol. The van der Waals surface area contributed by atoms with Crippen LogP contribution in [-0.4, -0.2) is 36.7 Å². The lowest BCUT2D eigenvalue weighted by Gasteiger charge is -2.09. The smallest absolute Gasteiger partial charge is 0.285 e. The number of hydrogen-bond acceptors (Lipinski definition) is 10. The SMILES string of the molecule is O=C(NCc1ccc(S(=O)(=O)NNC(=O)c2csc(COc3ccc(C4SCCS4)cc3)n2)s1)c1ccc(Cl)cc1. The molecular weight excluding hydrogens is 644 g/mol. The fourth-order valence-corrected chi connectivity index (χ4v) is 9.40. The van der Waals surface area contributed by atoms with Gasteiger partial charge in [-0.05, 0) is 54.1 Å². The Balaban J connectivity index is 1.08. The number of aromatic nitrogens is 1. The molecule has 1 saturated heterocycles. The van der Waals surface area contributed by atoms with E-state index in [1.807, 2.05) is 35.7 Å². The Labute approximate surface area is 258 Å². The number of nitrogens with zero attached hydrogens (tertiary/aromatic N) is 1. The summed E-state index contributed by atoms with van der Waals surface area (Å²) in [5.41, 5.74) is 3.96. The second-order valence-corrected chi connectivity index (χ2v) is 15.7. The minimum Gasteiger partial charge on any atom is -0.486 e. The number of hydrogen-bond donors (Lipinski definition) is 3. The van der Waals surface area contributed by atoms with Gasteiger partial charge >= 0.3 is 0 Å². The van der Waals surface area contributed by atoms with E-state index in [2.05, 4.69) is 32.7 Å². The van der Waals surface area contributed by atoms with Gasteiger partial charge in [0.1, 0.15) is 27.3 Å². The molecule has 214 valence electrons. The second-order valence-electron chi connectivity index (χ2n) is 8.53. The summed E-state index contributed by atoms with van der Waals surface area (Å²) in [5.74, 6) is 2.03. The van der Waals surface area contributed by atoms with Crippen LogP contribution in [0, 0.1) is 0 Å². The normalized spacial score (nSPS) is 13.7. The molecule has 5 rings (SSSR count). The summed E-state index contributed by atoms with van der Waals surface area (Å²) < 4.78 is 31.6. The molecule has 2 amide bonds. The number of thiophene rings is 1. The first-order valence-corrected chi connectivity index (χ1v) is 17.8. The summed E-state index contributed by atoms with van der Waals surface area (Å²) >= 11 is 11.9. The van der Waals surface area contributed by atoms with Crippen molar-refractivity contribution in [3.05, 3.63) is 97.8 Å². The van der Waals surface area contributed by atoms with Crippen molar-refractivity contribution < 1.29 is 22.7 Å². The highest BCUT2D eigenvalue weighted by atomic mass is 35.5. The number of hydrazine groups is 1. The highest BCUT2D eigenvalue weighted by Gasteiger charge is 2.20. The number of ether oxygens (including phenoxy) is 1. The lowest BCUT2D eigenvalue weighted by Crippen LogP contribution is -2.41. The van der Waals surface area contributed by atoms with Crippen LogP contribution in [0.3, 0.4) is 0 Å². The van der Waals surface area contributed by atoms with Crippen molar-refractivity contribution in [3.63, 3.8) is 0 Å². The van der Waals surface area contributed by atoms with Crippen molar-refractivity contribution in [1.29, 1.82) is 0 Å². The Morgan fingerprint density at radius 3 is 2.44 bits per heavy atom. The molecule has 2 aromatic carbocycles. The van der Waals surface area contributed by atoms with Crippen LogP contribution >= 0.6 is 57.8 Å². The van der Waals surface area contributed by atoms with Crippen molar-refractivity contribution in [2.75, 3.05) is 11.5 Å². The first-order chi connectivity index (χ1) is 19.8. The molecule has 0 aliphatic carbocycles. The molecule has 4 aromatic rings. The third-order valence-corrected chi connectivity index (χ3v) is 12.7. The molecule has 2 aromatic heterocycles. The number of amides is 2. The summed E-state index contributed by atoms with van der Waals surface area (Å²) in [7, 11) is -4.03. The Kier molecular flexibility index (Phi) is 9.91. The lowest BCUT2D eigenvalue weighted by molar-refractivity contribution is 0.0936. The maximum absolute atomic E-state index is 12.7. The predicted octanol–water partition coefficient (Wildman–Crippen LogP) is 5.47. The zero-order valence-corrected chi connectivity index (χ0v) is 26.0. The van der Waals surface area contributed by atoms with Gasteiger partial charge in [-0.15, -0.1) is 51.0 Å². The van der Waals surface area contributed by atoms with E-state index in [0.29, 0.717) is 30.8 Å². The number of nitrogens with one attached hydrogen (secondary N) is 3. The lowest BCUT2D eigenvalue weighted by atomic mass is 10.2. The molecule has 15 heteroatoms. The number of benzene rings is 2. The third-order valence-electron chi connectivity index (χ3n) is 5.65. The zero-order chi connectivity index (χ0) is 28.8. The van der Waals surface area contributed by atoms with E-state index in [1.54, 1.807) is 30.3 Å². The number of rotatable bonds is 11. The van der Waals surface area contributed by atoms with Crippen LogP contribution < -0.4 is 20.3 Å². The molecule has 3 heterocycles. The highest BCUT2D eigenvalue weighted by molar-refractivity contribution is 8.19. The van der Waals surface area contributed by atoms with E-state index in [1.165, 1.54) is 28.3 Å². The van der Waals surface area contributed by atoms with Crippen molar-refractivity contribution in [2.45, 2.75) is 21.9 Å². The maximum Gasteiger partial charge on any atom is 0.285 e. The number of thiazole rings is 1. The van der Waals surface area contributed by atoms with Crippen LogP contribution in [0.5, 0.6) is 5.75 Å². The Morgan fingerprint density at radius 1 is 0.976 bits per heavy atom. The van der Waals surface area contributed by atoms with Gasteiger partial charge in [0, 0.05) is 32.3 Å². The van der Waals surface area contributed by atoms with Crippen molar-refractivity contribution in [3.8, 4) is 5.75 Å². The van der Waals surface area contributed by atoms with Crippen LogP contribution in [0.2, 0.25) is 5.02 Å². The molecule has 0 spiro atoms. The summed E-state index contributed by atoms with van der Waals surface area (Å²) in [6, 6.07) is 17.4. The van der Waals surface area contributed by atoms with E-state index in [0.717, 1.165) is 22.8 Å². The van der Waals surface area contributed by atoms with Crippen LogP contribution in [-0.2, 0) is 23.2 Å². The number of thioether (sulfide) groups is 2. The van der Waals surface area contributed by atoms with Gasteiger partial charge in [-0.2, -0.15) is 0 Å². The van der Waals surface area contributed by atoms with Gasteiger partial charge < -0.3 is 10.1 Å². The van der Waals surface area contributed by atoms with Crippen LogP contribution in [0.25, 0.3) is 0 Å². The van der Waals surface area contributed by atoms with Crippen LogP contribution in [0.4, 0.5) is 0 Å². The van der Waals surface area contributed by atoms with E-state index < -0.39 is 15.9 Å². The third kappa shape index (κ3) is 8.03. The van der Waals surface area contributed by atoms with Crippen LogP contribution in [0.15, 0.2) is 70.3 Å². The topological polar surface area (TPSA) is 126 Å². The van der Waals surface area contributed by atoms with Gasteiger partial charge in [0.2, 0.25) is 0 Å². The first-order valence-electron chi connectivity index (χ1n) is 12.1. The Bertz CT molecular complexity index is 1620. The molecule has 0 atom stereocenters. The van der Waals surface area contributed by atoms with E-state index in [-0.39, 0.29) is 29.0 Å². The number of halogens is 1. The molecule has 1 fully saturated rings. The Morgan fingerprint density at radius 2 is 1.71 bits per heavy atom. The zero-order valence-electron chi connectivity index (χ0n) is 21.2. The molecule has 3 N–H and O–H groups in total. The van der Waals surface area contributed by atoms with Gasteiger partial charge in [0.15, 0.2) is 0 Å². The fourth-order valence-electron chi connectivity index (χ4n) is 3.59. The van der Waals surface area contributed by atoms with Gasteiger partial charge in [-0.25, -0.2) is 13.4 Å². The first kappa shape index (κ1) is 29.9. The minimum absolute atomic E-state index is 0.0166. The molecule has 0 saturated carbocycles. The van der Waals surface area contributed by atoms with Crippen molar-refractivity contribution >= 4 is 79.6 Å². The van der Waals surface area contributed by atoms with Crippen molar-refractivity contribution in [2.24, 2.45) is 0 Å². The maximum atomic E-state index is 12.7. The van der Waals surface area contributed by atoms with Crippen molar-refractivity contribution in [1.82, 2.24) is 20.6 Å². The average Bonchev–Trinajstić information content (AvgIpc) is 3.77. The standard InChI is InChI=1S/C26H23ClN4O5S5/c27-18-5-1-16(2-6-18)24(32)28-13-20-9-10-23(40-20)41(34,35)31-30-25(33)21-15-39-22(29-21)14-36-19-7-3-17(4-8-19)26-37-11-12-38-26/h1-10,15,26,31H,11-14H2,(H,28,32)(H,30,33).